The highest BCUT2D eigenvalue weighted by molar-refractivity contribution is 7.85. The fraction of sp³-hybridized carbons (Fsp3) is 0.231. The molecule has 0 bridgehead atoms. The largest absolute Gasteiger partial charge is 0.465 e. The minimum absolute atomic E-state index is 0. The van der Waals surface area contributed by atoms with E-state index in [4.69, 9.17) is 15.0 Å². The summed E-state index contributed by atoms with van der Waals surface area (Å²) in [5, 5.41) is 13.3. The van der Waals surface area contributed by atoms with Gasteiger partial charge in [0.1, 0.15) is 9.75 Å². The van der Waals surface area contributed by atoms with Gasteiger partial charge < -0.3 is 36.4 Å². The average Bonchev–Trinajstić information content (AvgIpc) is 3.68. The minimum Gasteiger partial charge on any atom is -0.465 e. The number of ether oxygens (including phenoxy) is 1. The molecule has 4 aromatic heterocycles. The lowest BCUT2D eigenvalue weighted by atomic mass is 10.1. The number of H-pyrrole nitrogens is 2. The van der Waals surface area contributed by atoms with Crippen molar-refractivity contribution in [2.24, 2.45) is 5.73 Å². The van der Waals surface area contributed by atoms with E-state index in [0.29, 0.717) is 28.5 Å². The number of carbonyl (C=O) groups excluding carboxylic acids is 2. The number of carbonyl (C=O) groups is 2. The molecule has 0 radical (unpaired) electrons. The first kappa shape index (κ1) is 43.1. The molecule has 3 aromatic carbocycles. The third-order valence-electron chi connectivity index (χ3n) is 8.29. The molecule has 5 heterocycles. The molecule has 2 atom stereocenters. The quantitative estimate of drug-likeness (QED) is 0.0708. The van der Waals surface area contributed by atoms with Gasteiger partial charge in [-0.15, -0.1) is 22.7 Å². The van der Waals surface area contributed by atoms with Gasteiger partial charge >= 0.3 is 5.97 Å². The molecule has 8 N–H and O–H groups in total. The number of benzene rings is 3. The van der Waals surface area contributed by atoms with Crippen LogP contribution in [0.2, 0.25) is 0 Å². The zero-order valence-corrected chi connectivity index (χ0v) is 31.6. The number of anilines is 2. The monoisotopic (exact) mass is 820 g/mol. The normalized spacial score (nSPS) is 13.9. The lowest BCUT2D eigenvalue weighted by Gasteiger charge is -2.11. The Labute approximate surface area is 330 Å². The van der Waals surface area contributed by atoms with Gasteiger partial charge in [0.25, 0.3) is 16.0 Å². The molecule has 8 rings (SSSR count). The third kappa shape index (κ3) is 9.26. The number of hydrogen-bond donors (Lipinski definition) is 7. The van der Waals surface area contributed by atoms with Crippen molar-refractivity contribution < 1.29 is 27.3 Å². The SMILES string of the molecule is C.C.COC(=O)c1sc2ccc3[nH]c(=O)ccc3c2c1NC[C@@H](C)N.C[C@@H]1CNc2c(sc3ccc4[nH]c(=O)ccc4c23)C(=O)N1.O=S(=O)(O)c1ccccc1. The Morgan fingerprint density at radius 1 is 0.893 bits per heavy atom. The molecule has 0 aliphatic carbocycles. The summed E-state index contributed by atoms with van der Waals surface area (Å²) in [5.74, 6) is -0.433. The van der Waals surface area contributed by atoms with Crippen LogP contribution in [0.15, 0.2) is 93.3 Å². The fourth-order valence-corrected chi connectivity index (χ4v) is 8.56. The van der Waals surface area contributed by atoms with E-state index in [9.17, 15) is 27.6 Å². The van der Waals surface area contributed by atoms with Crippen LogP contribution in [0, 0.1) is 0 Å². The molecular weight excluding hydrogens is 777 g/mol. The van der Waals surface area contributed by atoms with Crippen molar-refractivity contribution in [1.82, 2.24) is 15.3 Å². The van der Waals surface area contributed by atoms with Gasteiger partial charge in [0.05, 0.1) is 23.4 Å². The Kier molecular flexibility index (Phi) is 13.8. The number of thiophene rings is 2. The number of rotatable bonds is 5. The first-order valence-corrected chi connectivity index (χ1v) is 19.6. The molecule has 14 nitrogen and oxygen atoms in total. The van der Waals surface area contributed by atoms with Crippen LogP contribution in [-0.2, 0) is 14.9 Å². The number of nitrogens with two attached hydrogens (primary N) is 1. The maximum atomic E-state index is 12.3. The Morgan fingerprint density at radius 3 is 2.00 bits per heavy atom. The Bertz CT molecular complexity index is 2760. The number of methoxy groups -OCH3 is 1. The van der Waals surface area contributed by atoms with Gasteiger partial charge in [-0.3, -0.25) is 18.9 Å². The molecule has 7 aromatic rings. The Hall–Kier alpha value is -5.59. The number of fused-ring (bicyclic) bond motifs is 8. The summed E-state index contributed by atoms with van der Waals surface area (Å²) in [4.78, 5) is 54.1. The van der Waals surface area contributed by atoms with Crippen molar-refractivity contribution in [3.05, 3.63) is 109 Å². The van der Waals surface area contributed by atoms with Crippen LogP contribution in [0.5, 0.6) is 0 Å². The number of hydrogen-bond acceptors (Lipinski definition) is 12. The summed E-state index contributed by atoms with van der Waals surface area (Å²) >= 11 is 2.83. The van der Waals surface area contributed by atoms with E-state index in [-0.39, 0.29) is 48.9 Å². The zero-order chi connectivity index (χ0) is 38.7. The number of esters is 1. The molecule has 0 spiro atoms. The molecule has 296 valence electrons. The number of pyridine rings is 2. The first-order valence-electron chi connectivity index (χ1n) is 16.6. The maximum absolute atomic E-state index is 12.3. The molecule has 0 saturated carbocycles. The van der Waals surface area contributed by atoms with E-state index in [1.807, 2.05) is 44.2 Å². The van der Waals surface area contributed by atoms with Crippen molar-refractivity contribution >= 4 is 98.0 Å². The summed E-state index contributed by atoms with van der Waals surface area (Å²) in [6.07, 6.45) is 0. The number of amides is 1. The highest BCUT2D eigenvalue weighted by Crippen LogP contribution is 2.41. The van der Waals surface area contributed by atoms with Crippen LogP contribution in [0.3, 0.4) is 0 Å². The smallest absolute Gasteiger partial charge is 0.350 e. The predicted molar refractivity (Wildman–Crippen MR) is 229 cm³/mol. The van der Waals surface area contributed by atoms with Crippen LogP contribution in [0.25, 0.3) is 42.0 Å². The van der Waals surface area contributed by atoms with Crippen LogP contribution in [0.1, 0.15) is 48.0 Å². The van der Waals surface area contributed by atoms with E-state index in [0.717, 1.165) is 47.7 Å². The van der Waals surface area contributed by atoms with Crippen molar-refractivity contribution in [1.29, 1.82) is 0 Å². The molecule has 1 amide bonds. The average molecular weight is 821 g/mol. The van der Waals surface area contributed by atoms with Crippen molar-refractivity contribution in [2.45, 2.75) is 45.7 Å². The van der Waals surface area contributed by atoms with E-state index in [1.54, 1.807) is 24.3 Å². The summed E-state index contributed by atoms with van der Waals surface area (Å²) in [7, 11) is -2.64. The topological polar surface area (TPSA) is 226 Å². The second kappa shape index (κ2) is 17.9. The highest BCUT2D eigenvalue weighted by atomic mass is 32.2. The van der Waals surface area contributed by atoms with Gasteiger partial charge in [0, 0.05) is 79.3 Å². The Morgan fingerprint density at radius 2 is 1.46 bits per heavy atom. The molecule has 0 fully saturated rings. The minimum atomic E-state index is -4.00. The van der Waals surface area contributed by atoms with Gasteiger partial charge in [-0.05, 0) is 62.4 Å². The first-order chi connectivity index (χ1) is 25.7. The van der Waals surface area contributed by atoms with E-state index >= 15 is 0 Å². The Balaban J connectivity index is 0.000000196. The maximum Gasteiger partial charge on any atom is 0.350 e. The van der Waals surface area contributed by atoms with Crippen molar-refractivity contribution in [2.75, 3.05) is 30.8 Å². The lowest BCUT2D eigenvalue weighted by molar-refractivity contribution is 0.0607. The molecule has 1 aliphatic heterocycles. The standard InChI is InChI=1S/C16H17N3O3S.C15H13N3O2S.C6H6O3S.2CH4/c1-8(17)7-18-14-13-9-3-6-12(20)19-10(9)4-5-11(13)23-15(14)16(21)22-2;1-7-6-16-13-12-8-2-5-11(19)18-9(8)3-4-10(12)21-14(13)15(20)17-7;7-10(8,9)6-4-2-1-3-5-6;;/h3-6,8,18H,7,17H2,1-2H3,(H,19,20);2-5,7,16H,6H2,1H3,(H,17,20)(H,18,19);1-5H,(H,7,8,9);2*1H4/t8-;7-;;;/m11.../s1. The van der Waals surface area contributed by atoms with Crippen LogP contribution in [0.4, 0.5) is 11.4 Å². The van der Waals surface area contributed by atoms with Gasteiger partial charge in [0.2, 0.25) is 11.1 Å². The summed E-state index contributed by atoms with van der Waals surface area (Å²) in [6.45, 7) is 5.06. The van der Waals surface area contributed by atoms with Crippen LogP contribution >= 0.6 is 22.7 Å². The zero-order valence-electron chi connectivity index (χ0n) is 29.2. The van der Waals surface area contributed by atoms with Gasteiger partial charge in [-0.1, -0.05) is 33.1 Å². The summed E-state index contributed by atoms with van der Waals surface area (Å²) in [6, 6.07) is 21.6. The van der Waals surface area contributed by atoms with Crippen LogP contribution in [-0.4, -0.2) is 67.1 Å². The summed E-state index contributed by atoms with van der Waals surface area (Å²) in [5.41, 5.74) is 8.62. The second-order valence-electron chi connectivity index (χ2n) is 12.5. The molecule has 0 saturated heterocycles. The highest BCUT2D eigenvalue weighted by Gasteiger charge is 2.25. The number of aromatic nitrogens is 2. The fourth-order valence-electron chi connectivity index (χ4n) is 5.85. The second-order valence-corrected chi connectivity index (χ2v) is 16.0. The van der Waals surface area contributed by atoms with Crippen molar-refractivity contribution in [3.63, 3.8) is 0 Å². The van der Waals surface area contributed by atoms with E-state index in [1.165, 1.54) is 54.0 Å². The molecule has 56 heavy (non-hydrogen) atoms. The molecule has 17 heteroatoms. The lowest BCUT2D eigenvalue weighted by Crippen LogP contribution is -2.34. The molecular formula is C39H44N6O8S3. The van der Waals surface area contributed by atoms with Gasteiger partial charge in [-0.2, -0.15) is 8.42 Å². The number of aromatic amines is 2. The van der Waals surface area contributed by atoms with E-state index in [2.05, 4.69) is 25.9 Å². The van der Waals surface area contributed by atoms with Crippen LogP contribution < -0.4 is 32.8 Å². The van der Waals surface area contributed by atoms with Gasteiger partial charge in [-0.25, -0.2) is 4.79 Å². The molecule has 1 aliphatic rings. The number of nitrogens with one attached hydrogen (secondary N) is 5. The van der Waals surface area contributed by atoms with E-state index < -0.39 is 16.1 Å². The predicted octanol–water partition coefficient (Wildman–Crippen LogP) is 6.78. The van der Waals surface area contributed by atoms with Crippen molar-refractivity contribution in [3.8, 4) is 0 Å². The van der Waals surface area contributed by atoms with Gasteiger partial charge in [0.15, 0.2) is 0 Å². The molecule has 0 unspecified atom stereocenters. The summed E-state index contributed by atoms with van der Waals surface area (Å²) < 4.78 is 36.1. The third-order valence-corrected chi connectivity index (χ3v) is 11.4.